The van der Waals surface area contributed by atoms with Crippen molar-refractivity contribution in [3.63, 3.8) is 0 Å². The van der Waals surface area contributed by atoms with Gasteiger partial charge in [0.25, 0.3) is 0 Å². The second kappa shape index (κ2) is 10.5. The summed E-state index contributed by atoms with van der Waals surface area (Å²) in [4.78, 5) is 12.5. The summed E-state index contributed by atoms with van der Waals surface area (Å²) in [6.45, 7) is -0.0404. The van der Waals surface area contributed by atoms with Crippen LogP contribution in [0, 0.1) is 5.82 Å². The van der Waals surface area contributed by atoms with Crippen LogP contribution in [0.15, 0.2) is 54.9 Å². The van der Waals surface area contributed by atoms with E-state index in [-0.39, 0.29) is 18.8 Å². The molecule has 4 rings (SSSR count). The molecule has 1 saturated carbocycles. The van der Waals surface area contributed by atoms with Crippen LogP contribution in [-0.2, 0) is 0 Å². The molecule has 1 aliphatic rings. The van der Waals surface area contributed by atoms with E-state index < -0.39 is 18.0 Å². The standard InChI is InChI=1S/C24H27FN4O4/c25-18-4-1-15(2-5-18)22(31)14-26-24(32)29-21-10-3-16(17-12-27-28-13-17)11-23(21)33-20-8-6-19(30)7-9-20/h1-5,10-13,19-20,22,30-31H,6-9,14H2,(H,27,28)(H2,26,29,32). The van der Waals surface area contributed by atoms with Gasteiger partial charge in [0.1, 0.15) is 11.6 Å². The van der Waals surface area contributed by atoms with Gasteiger partial charge in [-0.05, 0) is 61.1 Å². The van der Waals surface area contributed by atoms with E-state index in [9.17, 15) is 19.4 Å². The van der Waals surface area contributed by atoms with Crippen molar-refractivity contribution < 1.29 is 24.1 Å². The van der Waals surface area contributed by atoms with Crippen molar-refractivity contribution in [2.24, 2.45) is 0 Å². The molecule has 174 valence electrons. The van der Waals surface area contributed by atoms with E-state index in [1.165, 1.54) is 24.3 Å². The maximum absolute atomic E-state index is 13.1. The predicted octanol–water partition coefficient (Wildman–Crippen LogP) is 3.75. The maximum Gasteiger partial charge on any atom is 0.319 e. The van der Waals surface area contributed by atoms with Crippen molar-refractivity contribution in [2.75, 3.05) is 11.9 Å². The number of carbonyl (C=O) groups excluding carboxylic acids is 1. The first-order valence-electron chi connectivity index (χ1n) is 10.9. The quantitative estimate of drug-likeness (QED) is 0.372. The summed E-state index contributed by atoms with van der Waals surface area (Å²) < 4.78 is 19.3. The van der Waals surface area contributed by atoms with E-state index in [1.807, 2.05) is 12.1 Å². The fourth-order valence-electron chi connectivity index (χ4n) is 3.81. The summed E-state index contributed by atoms with van der Waals surface area (Å²) in [6, 6.07) is 10.4. The van der Waals surface area contributed by atoms with Gasteiger partial charge in [-0.25, -0.2) is 9.18 Å². The number of nitrogens with zero attached hydrogens (tertiary/aromatic N) is 1. The molecular weight excluding hydrogens is 427 g/mol. The molecular formula is C24H27FN4O4. The topological polar surface area (TPSA) is 120 Å². The van der Waals surface area contributed by atoms with Gasteiger partial charge >= 0.3 is 6.03 Å². The van der Waals surface area contributed by atoms with Crippen LogP contribution >= 0.6 is 0 Å². The van der Waals surface area contributed by atoms with Crippen LogP contribution in [0.25, 0.3) is 11.1 Å². The number of ether oxygens (including phenoxy) is 1. The summed E-state index contributed by atoms with van der Waals surface area (Å²) in [5.74, 6) is 0.125. The first-order chi connectivity index (χ1) is 16.0. The van der Waals surface area contributed by atoms with Crippen molar-refractivity contribution >= 4 is 11.7 Å². The number of hydrogen-bond acceptors (Lipinski definition) is 5. The second-order valence-electron chi connectivity index (χ2n) is 8.15. The number of urea groups is 1. The monoisotopic (exact) mass is 454 g/mol. The number of amides is 2. The van der Waals surface area contributed by atoms with E-state index in [4.69, 9.17) is 4.74 Å². The van der Waals surface area contributed by atoms with Crippen molar-refractivity contribution in [3.8, 4) is 16.9 Å². The largest absolute Gasteiger partial charge is 0.488 e. The Labute approximate surface area is 190 Å². The van der Waals surface area contributed by atoms with Gasteiger partial charge in [-0.1, -0.05) is 18.2 Å². The highest BCUT2D eigenvalue weighted by molar-refractivity contribution is 5.91. The highest BCUT2D eigenvalue weighted by atomic mass is 19.1. The molecule has 1 aromatic heterocycles. The molecule has 0 aliphatic heterocycles. The minimum Gasteiger partial charge on any atom is -0.488 e. The Bertz CT molecular complexity index is 1050. The zero-order chi connectivity index (χ0) is 23.2. The third kappa shape index (κ3) is 6.09. The van der Waals surface area contributed by atoms with Gasteiger partial charge in [-0.2, -0.15) is 5.10 Å². The number of aliphatic hydroxyl groups excluding tert-OH is 2. The highest BCUT2D eigenvalue weighted by Gasteiger charge is 2.22. The zero-order valence-corrected chi connectivity index (χ0v) is 18.0. The van der Waals surface area contributed by atoms with E-state index in [2.05, 4.69) is 20.8 Å². The Balaban J connectivity index is 1.43. The van der Waals surface area contributed by atoms with Crippen molar-refractivity contribution in [2.45, 2.75) is 44.0 Å². The number of aromatic amines is 1. The fraction of sp³-hybridized carbons (Fsp3) is 0.333. The number of H-pyrrole nitrogens is 1. The van der Waals surface area contributed by atoms with Gasteiger partial charge < -0.3 is 25.6 Å². The van der Waals surface area contributed by atoms with Crippen molar-refractivity contribution in [1.82, 2.24) is 15.5 Å². The van der Waals surface area contributed by atoms with Gasteiger partial charge in [-0.15, -0.1) is 0 Å². The number of rotatable bonds is 7. The van der Waals surface area contributed by atoms with Crippen molar-refractivity contribution in [1.29, 1.82) is 0 Å². The lowest BCUT2D eigenvalue weighted by molar-refractivity contribution is 0.0669. The first-order valence-corrected chi connectivity index (χ1v) is 10.9. The fourth-order valence-corrected chi connectivity index (χ4v) is 3.81. The molecule has 0 radical (unpaired) electrons. The van der Waals surface area contributed by atoms with Gasteiger partial charge in [0.2, 0.25) is 0 Å². The lowest BCUT2D eigenvalue weighted by Gasteiger charge is -2.27. The van der Waals surface area contributed by atoms with Crippen LogP contribution in [-0.4, -0.2) is 45.2 Å². The van der Waals surface area contributed by atoms with Crippen LogP contribution in [0.5, 0.6) is 5.75 Å². The molecule has 1 atom stereocenters. The average Bonchev–Trinajstić information content (AvgIpc) is 3.36. The molecule has 33 heavy (non-hydrogen) atoms. The molecule has 3 aromatic rings. The third-order valence-electron chi connectivity index (χ3n) is 5.71. The minimum absolute atomic E-state index is 0.0404. The summed E-state index contributed by atoms with van der Waals surface area (Å²) in [6.07, 6.45) is 4.96. The van der Waals surface area contributed by atoms with E-state index >= 15 is 0 Å². The van der Waals surface area contributed by atoms with Crippen molar-refractivity contribution in [3.05, 3.63) is 66.2 Å². The second-order valence-corrected chi connectivity index (χ2v) is 8.15. The number of nitrogens with one attached hydrogen (secondary N) is 3. The van der Waals surface area contributed by atoms with Crippen LogP contribution in [0.2, 0.25) is 0 Å². The molecule has 2 aromatic carbocycles. The number of aromatic nitrogens is 2. The molecule has 5 N–H and O–H groups in total. The molecule has 9 heteroatoms. The Morgan fingerprint density at radius 1 is 1.15 bits per heavy atom. The average molecular weight is 455 g/mol. The number of hydrogen-bond donors (Lipinski definition) is 5. The molecule has 2 amide bonds. The molecule has 1 unspecified atom stereocenters. The number of benzene rings is 2. The summed E-state index contributed by atoms with van der Waals surface area (Å²) in [5, 5.41) is 32.2. The van der Waals surface area contributed by atoms with Crippen LogP contribution < -0.4 is 15.4 Å². The van der Waals surface area contributed by atoms with E-state index in [0.717, 1.165) is 24.0 Å². The zero-order valence-electron chi connectivity index (χ0n) is 18.0. The van der Waals surface area contributed by atoms with E-state index in [0.29, 0.717) is 29.8 Å². The van der Waals surface area contributed by atoms with E-state index in [1.54, 1.807) is 18.5 Å². The van der Waals surface area contributed by atoms with Gasteiger partial charge in [0, 0.05) is 18.3 Å². The predicted molar refractivity (Wildman–Crippen MR) is 121 cm³/mol. The first kappa shape index (κ1) is 22.8. The van der Waals surface area contributed by atoms with Gasteiger partial charge in [-0.3, -0.25) is 5.10 Å². The summed E-state index contributed by atoms with van der Waals surface area (Å²) in [5.41, 5.74) is 2.76. The van der Waals surface area contributed by atoms with Crippen LogP contribution in [0.4, 0.5) is 14.9 Å². The molecule has 8 nitrogen and oxygen atoms in total. The Morgan fingerprint density at radius 2 is 1.91 bits per heavy atom. The number of halogens is 1. The Hall–Kier alpha value is -3.43. The normalized spacial score (nSPS) is 19.0. The Kier molecular flexibility index (Phi) is 7.21. The molecule has 0 bridgehead atoms. The number of anilines is 1. The van der Waals surface area contributed by atoms with Crippen LogP contribution in [0.3, 0.4) is 0 Å². The third-order valence-corrected chi connectivity index (χ3v) is 5.71. The molecule has 0 spiro atoms. The van der Waals surface area contributed by atoms with Gasteiger partial charge in [0.05, 0.1) is 30.2 Å². The minimum atomic E-state index is -0.968. The molecule has 1 heterocycles. The Morgan fingerprint density at radius 3 is 2.61 bits per heavy atom. The molecule has 0 saturated heterocycles. The summed E-state index contributed by atoms with van der Waals surface area (Å²) >= 11 is 0. The highest BCUT2D eigenvalue weighted by Crippen LogP contribution is 2.33. The maximum atomic E-state index is 13.1. The lowest BCUT2D eigenvalue weighted by Crippen LogP contribution is -2.33. The number of carbonyl (C=O) groups is 1. The van der Waals surface area contributed by atoms with Crippen LogP contribution in [0.1, 0.15) is 37.4 Å². The molecule has 1 aliphatic carbocycles. The lowest BCUT2D eigenvalue weighted by atomic mass is 9.95. The summed E-state index contributed by atoms with van der Waals surface area (Å²) in [7, 11) is 0. The number of aliphatic hydroxyl groups is 2. The van der Waals surface area contributed by atoms with Gasteiger partial charge in [0.15, 0.2) is 0 Å². The molecule has 1 fully saturated rings. The SMILES string of the molecule is O=C(NCC(O)c1ccc(F)cc1)Nc1ccc(-c2cn[nH]c2)cc1OC1CCC(O)CC1. The smallest absolute Gasteiger partial charge is 0.319 e.